The second-order valence-corrected chi connectivity index (χ2v) is 9.40. The molecule has 2 aromatic rings. The third-order valence-corrected chi connectivity index (χ3v) is 6.21. The maximum atomic E-state index is 12.6. The monoisotopic (exact) mass is 432 g/mol. The van der Waals surface area contributed by atoms with Gasteiger partial charge in [-0.15, -0.1) is 0 Å². The molecule has 30 heavy (non-hydrogen) atoms. The number of carbonyl (C=O) groups is 1. The maximum Gasteiger partial charge on any atom is 0.243 e. The van der Waals surface area contributed by atoms with Gasteiger partial charge in [-0.25, -0.2) is 8.42 Å². The van der Waals surface area contributed by atoms with Crippen LogP contribution in [0.2, 0.25) is 0 Å². The van der Waals surface area contributed by atoms with Gasteiger partial charge in [-0.1, -0.05) is 31.5 Å². The lowest BCUT2D eigenvalue weighted by atomic mass is 10.1. The van der Waals surface area contributed by atoms with Gasteiger partial charge in [-0.3, -0.25) is 9.10 Å². The molecule has 2 rings (SSSR count). The zero-order chi connectivity index (χ0) is 22.3. The average molecular weight is 433 g/mol. The number of amides is 1. The van der Waals surface area contributed by atoms with Gasteiger partial charge < -0.3 is 10.1 Å². The average Bonchev–Trinajstić information content (AvgIpc) is 2.68. The highest BCUT2D eigenvalue weighted by Gasteiger charge is 2.29. The third kappa shape index (κ3) is 6.49. The predicted molar refractivity (Wildman–Crippen MR) is 122 cm³/mol. The Balaban J connectivity index is 1.96. The molecule has 2 aromatic carbocycles. The van der Waals surface area contributed by atoms with Crippen molar-refractivity contribution in [1.29, 1.82) is 0 Å². The van der Waals surface area contributed by atoms with Gasteiger partial charge in [-0.05, 0) is 68.1 Å². The number of nitrogens with one attached hydrogen (secondary N) is 1. The van der Waals surface area contributed by atoms with Crippen LogP contribution in [-0.2, 0) is 21.2 Å². The molecular formula is C23H32N2O4S. The van der Waals surface area contributed by atoms with Crippen molar-refractivity contribution in [2.24, 2.45) is 0 Å². The van der Waals surface area contributed by atoms with Crippen molar-refractivity contribution in [2.75, 3.05) is 23.7 Å². The summed E-state index contributed by atoms with van der Waals surface area (Å²) >= 11 is 0. The normalized spacial score (nSPS) is 12.3. The van der Waals surface area contributed by atoms with E-state index in [2.05, 4.69) is 12.2 Å². The van der Waals surface area contributed by atoms with E-state index in [0.29, 0.717) is 12.3 Å². The van der Waals surface area contributed by atoms with Crippen LogP contribution >= 0.6 is 0 Å². The van der Waals surface area contributed by atoms with E-state index in [1.807, 2.05) is 44.2 Å². The Bertz CT molecular complexity index is 956. The van der Waals surface area contributed by atoms with Crippen molar-refractivity contribution in [2.45, 2.75) is 46.6 Å². The zero-order valence-electron chi connectivity index (χ0n) is 18.4. The zero-order valence-corrected chi connectivity index (χ0v) is 19.3. The number of anilines is 1. The lowest BCUT2D eigenvalue weighted by molar-refractivity contribution is -0.121. The fourth-order valence-electron chi connectivity index (χ4n) is 3.20. The quantitative estimate of drug-likeness (QED) is 0.582. The molecule has 0 bridgehead atoms. The van der Waals surface area contributed by atoms with E-state index in [1.54, 1.807) is 19.1 Å². The number of ether oxygens (including phenoxy) is 1. The molecule has 0 aromatic heterocycles. The van der Waals surface area contributed by atoms with E-state index < -0.39 is 16.1 Å². The van der Waals surface area contributed by atoms with Crippen LogP contribution in [0.1, 0.15) is 37.0 Å². The molecule has 0 heterocycles. The van der Waals surface area contributed by atoms with Crippen LogP contribution in [-0.4, -0.2) is 39.8 Å². The lowest BCUT2D eigenvalue weighted by Gasteiger charge is -2.28. The standard InChI is InChI=1S/C23H32N2O4S/c1-6-7-20-9-12-22(13-10-20)29-15-14-24-23(26)19(4)25(30(5,27)28)21-11-8-17(2)18(3)16-21/h8-13,16,19H,6-7,14-15H2,1-5H3,(H,24,26)/t19-/m0/s1. The summed E-state index contributed by atoms with van der Waals surface area (Å²) < 4.78 is 31.6. The van der Waals surface area contributed by atoms with Gasteiger partial charge in [0.05, 0.1) is 18.5 Å². The molecule has 0 aliphatic heterocycles. The van der Waals surface area contributed by atoms with Crippen LogP contribution in [0.15, 0.2) is 42.5 Å². The summed E-state index contributed by atoms with van der Waals surface area (Å²) in [7, 11) is -3.63. The number of nitrogens with zero attached hydrogens (tertiary/aromatic N) is 1. The SMILES string of the molecule is CCCc1ccc(OCCNC(=O)[C@H](C)N(c2ccc(C)c(C)c2)S(C)(=O)=O)cc1. The fraction of sp³-hybridized carbons (Fsp3) is 0.435. The highest BCUT2D eigenvalue weighted by molar-refractivity contribution is 7.92. The smallest absolute Gasteiger partial charge is 0.243 e. The molecule has 0 fully saturated rings. The van der Waals surface area contributed by atoms with E-state index >= 15 is 0 Å². The first-order chi connectivity index (χ1) is 14.1. The summed E-state index contributed by atoms with van der Waals surface area (Å²) in [6.45, 7) is 8.17. The molecule has 0 aliphatic carbocycles. The molecular weight excluding hydrogens is 400 g/mol. The van der Waals surface area contributed by atoms with Crippen molar-refractivity contribution >= 4 is 21.6 Å². The van der Waals surface area contributed by atoms with Crippen LogP contribution < -0.4 is 14.4 Å². The minimum absolute atomic E-state index is 0.282. The summed E-state index contributed by atoms with van der Waals surface area (Å²) in [4.78, 5) is 12.6. The van der Waals surface area contributed by atoms with Gasteiger partial charge in [0, 0.05) is 0 Å². The predicted octanol–water partition coefficient (Wildman–Crippen LogP) is 3.61. The van der Waals surface area contributed by atoms with Crippen molar-refractivity contribution in [3.05, 3.63) is 59.2 Å². The molecule has 0 saturated carbocycles. The molecule has 6 nitrogen and oxygen atoms in total. The van der Waals surface area contributed by atoms with Gasteiger partial charge >= 0.3 is 0 Å². The number of benzene rings is 2. The van der Waals surface area contributed by atoms with Crippen LogP contribution in [0.3, 0.4) is 0 Å². The van der Waals surface area contributed by atoms with E-state index in [0.717, 1.165) is 40.3 Å². The molecule has 1 atom stereocenters. The molecule has 0 aliphatic rings. The summed E-state index contributed by atoms with van der Waals surface area (Å²) in [6, 6.07) is 12.4. The molecule has 0 unspecified atom stereocenters. The Kier molecular flexibility index (Phi) is 8.29. The van der Waals surface area contributed by atoms with Crippen LogP contribution in [0.25, 0.3) is 0 Å². The Morgan fingerprint density at radius 1 is 1.10 bits per heavy atom. The minimum atomic E-state index is -3.63. The molecule has 1 amide bonds. The van der Waals surface area contributed by atoms with Gasteiger partial charge in [0.1, 0.15) is 18.4 Å². The highest BCUT2D eigenvalue weighted by Crippen LogP contribution is 2.23. The Labute approximate surface area is 180 Å². The number of rotatable bonds is 10. The molecule has 0 radical (unpaired) electrons. The molecule has 0 saturated heterocycles. The molecule has 7 heteroatoms. The fourth-order valence-corrected chi connectivity index (χ4v) is 4.37. The summed E-state index contributed by atoms with van der Waals surface area (Å²) in [5.74, 6) is 0.366. The minimum Gasteiger partial charge on any atom is -0.492 e. The molecule has 0 spiro atoms. The maximum absolute atomic E-state index is 12.6. The summed E-state index contributed by atoms with van der Waals surface area (Å²) in [5.41, 5.74) is 3.77. The van der Waals surface area contributed by atoms with Crippen LogP contribution in [0.5, 0.6) is 5.75 Å². The first-order valence-electron chi connectivity index (χ1n) is 10.2. The number of carbonyl (C=O) groups excluding carboxylic acids is 1. The van der Waals surface area contributed by atoms with E-state index in [-0.39, 0.29) is 12.5 Å². The first kappa shape index (κ1) is 23.7. The number of sulfonamides is 1. The number of aryl methyl sites for hydroxylation is 3. The Morgan fingerprint density at radius 3 is 2.33 bits per heavy atom. The van der Waals surface area contributed by atoms with Crippen LogP contribution in [0, 0.1) is 13.8 Å². The van der Waals surface area contributed by atoms with Gasteiger partial charge in [0.25, 0.3) is 0 Å². The second kappa shape index (κ2) is 10.5. The second-order valence-electron chi connectivity index (χ2n) is 7.54. The topological polar surface area (TPSA) is 75.7 Å². The third-order valence-electron chi connectivity index (χ3n) is 4.97. The van der Waals surface area contributed by atoms with E-state index in [1.165, 1.54) is 5.56 Å². The van der Waals surface area contributed by atoms with Crippen molar-refractivity contribution in [3.63, 3.8) is 0 Å². The number of hydrogen-bond donors (Lipinski definition) is 1. The van der Waals surface area contributed by atoms with Gasteiger partial charge in [-0.2, -0.15) is 0 Å². The van der Waals surface area contributed by atoms with Crippen molar-refractivity contribution < 1.29 is 17.9 Å². The van der Waals surface area contributed by atoms with Crippen LogP contribution in [0.4, 0.5) is 5.69 Å². The number of hydrogen-bond acceptors (Lipinski definition) is 4. The molecule has 1 N–H and O–H groups in total. The highest BCUT2D eigenvalue weighted by atomic mass is 32.2. The summed E-state index contributed by atoms with van der Waals surface area (Å²) in [6.07, 6.45) is 3.24. The van der Waals surface area contributed by atoms with Gasteiger partial charge in [0.15, 0.2) is 0 Å². The Morgan fingerprint density at radius 2 is 1.77 bits per heavy atom. The lowest BCUT2D eigenvalue weighted by Crippen LogP contribution is -2.48. The summed E-state index contributed by atoms with van der Waals surface area (Å²) in [5, 5.41) is 2.76. The van der Waals surface area contributed by atoms with E-state index in [4.69, 9.17) is 4.74 Å². The molecule has 164 valence electrons. The Hall–Kier alpha value is -2.54. The largest absolute Gasteiger partial charge is 0.492 e. The van der Waals surface area contributed by atoms with Crippen molar-refractivity contribution in [3.8, 4) is 5.75 Å². The van der Waals surface area contributed by atoms with E-state index in [9.17, 15) is 13.2 Å². The first-order valence-corrected chi connectivity index (χ1v) is 12.0. The van der Waals surface area contributed by atoms with Crippen molar-refractivity contribution in [1.82, 2.24) is 5.32 Å². The van der Waals surface area contributed by atoms with Gasteiger partial charge in [0.2, 0.25) is 15.9 Å².